The molecular formula is C10H21N3O2. The van der Waals surface area contributed by atoms with E-state index in [1.807, 2.05) is 4.90 Å². The number of carbonyl (C=O) groups excluding carboxylic acids is 1. The van der Waals surface area contributed by atoms with Gasteiger partial charge in [0.15, 0.2) is 0 Å². The molecule has 1 fully saturated rings. The van der Waals surface area contributed by atoms with Crippen LogP contribution in [0.5, 0.6) is 0 Å². The first-order valence-corrected chi connectivity index (χ1v) is 5.33. The summed E-state index contributed by atoms with van der Waals surface area (Å²) in [6, 6.07) is -0.171. The number of nitrogens with zero attached hydrogens (tertiary/aromatic N) is 1. The average molecular weight is 215 g/mol. The molecule has 1 aliphatic rings. The van der Waals surface area contributed by atoms with Crippen LogP contribution in [-0.2, 0) is 4.79 Å². The number of hydrogen-bond donors (Lipinski definition) is 3. The summed E-state index contributed by atoms with van der Waals surface area (Å²) in [5.41, 5.74) is -0.760. The van der Waals surface area contributed by atoms with Crippen LogP contribution in [0.3, 0.4) is 0 Å². The zero-order valence-electron chi connectivity index (χ0n) is 9.71. The Hall–Kier alpha value is -0.650. The number of amides is 1. The molecule has 1 rings (SSSR count). The van der Waals surface area contributed by atoms with Crippen LogP contribution in [0.4, 0.5) is 0 Å². The molecule has 0 spiro atoms. The van der Waals surface area contributed by atoms with Crippen molar-refractivity contribution in [2.75, 3.05) is 33.2 Å². The van der Waals surface area contributed by atoms with E-state index in [1.54, 1.807) is 20.9 Å². The lowest BCUT2D eigenvalue weighted by atomic mass is 10.1. The van der Waals surface area contributed by atoms with Crippen molar-refractivity contribution in [1.29, 1.82) is 0 Å². The minimum atomic E-state index is -0.760. The van der Waals surface area contributed by atoms with Crippen LogP contribution in [-0.4, -0.2) is 60.8 Å². The van der Waals surface area contributed by atoms with Crippen molar-refractivity contribution in [3.05, 3.63) is 0 Å². The van der Waals surface area contributed by atoms with Crippen molar-refractivity contribution >= 4 is 5.91 Å². The molecule has 0 aromatic rings. The first-order valence-electron chi connectivity index (χ1n) is 5.33. The van der Waals surface area contributed by atoms with Crippen LogP contribution in [0.1, 0.15) is 13.8 Å². The second-order valence-electron chi connectivity index (χ2n) is 4.62. The summed E-state index contributed by atoms with van der Waals surface area (Å²) >= 11 is 0. The predicted octanol–water partition coefficient (Wildman–Crippen LogP) is -1.22. The molecule has 1 aliphatic heterocycles. The number of hydrogen-bond acceptors (Lipinski definition) is 4. The fourth-order valence-electron chi connectivity index (χ4n) is 1.86. The molecule has 0 aliphatic carbocycles. The third-order valence-electron chi connectivity index (χ3n) is 2.49. The molecule has 88 valence electrons. The Bertz CT molecular complexity index is 225. The lowest BCUT2D eigenvalue weighted by molar-refractivity contribution is -0.127. The largest absolute Gasteiger partial charge is 0.389 e. The number of aliphatic hydroxyl groups is 1. The van der Waals surface area contributed by atoms with Crippen LogP contribution < -0.4 is 10.6 Å². The van der Waals surface area contributed by atoms with Crippen molar-refractivity contribution in [3.63, 3.8) is 0 Å². The van der Waals surface area contributed by atoms with Crippen molar-refractivity contribution in [1.82, 2.24) is 15.5 Å². The summed E-state index contributed by atoms with van der Waals surface area (Å²) < 4.78 is 0. The van der Waals surface area contributed by atoms with Gasteiger partial charge in [-0.05, 0) is 13.8 Å². The highest BCUT2D eigenvalue weighted by molar-refractivity contribution is 5.81. The lowest BCUT2D eigenvalue weighted by Crippen LogP contribution is -2.59. The smallest absolute Gasteiger partial charge is 0.238 e. The third-order valence-corrected chi connectivity index (χ3v) is 2.49. The maximum atomic E-state index is 11.6. The molecule has 0 bridgehead atoms. The molecule has 0 aromatic heterocycles. The van der Waals surface area contributed by atoms with E-state index in [1.165, 1.54) is 0 Å². The summed E-state index contributed by atoms with van der Waals surface area (Å²) in [6.07, 6.45) is 0. The minimum absolute atomic E-state index is 0.00597. The molecule has 0 aromatic carbocycles. The quantitative estimate of drug-likeness (QED) is 0.552. The SMILES string of the molecule is CNC(=O)C1CNCCN1CC(C)(C)O. The fraction of sp³-hybridized carbons (Fsp3) is 0.900. The second-order valence-corrected chi connectivity index (χ2v) is 4.62. The number of rotatable bonds is 3. The molecule has 0 saturated carbocycles. The number of piperazine rings is 1. The third kappa shape index (κ3) is 3.77. The van der Waals surface area contributed by atoms with E-state index >= 15 is 0 Å². The van der Waals surface area contributed by atoms with E-state index in [0.29, 0.717) is 13.1 Å². The second kappa shape index (κ2) is 4.92. The van der Waals surface area contributed by atoms with Gasteiger partial charge in [0.1, 0.15) is 6.04 Å². The number of carbonyl (C=O) groups is 1. The molecule has 15 heavy (non-hydrogen) atoms. The molecule has 5 nitrogen and oxygen atoms in total. The van der Waals surface area contributed by atoms with Gasteiger partial charge in [0.2, 0.25) is 5.91 Å². The van der Waals surface area contributed by atoms with E-state index < -0.39 is 5.60 Å². The minimum Gasteiger partial charge on any atom is -0.389 e. The van der Waals surface area contributed by atoms with Gasteiger partial charge in [-0.15, -0.1) is 0 Å². The van der Waals surface area contributed by atoms with Gasteiger partial charge in [-0.25, -0.2) is 0 Å². The van der Waals surface area contributed by atoms with Crippen LogP contribution in [0, 0.1) is 0 Å². The van der Waals surface area contributed by atoms with Gasteiger partial charge in [0.05, 0.1) is 5.60 Å². The molecule has 1 unspecified atom stereocenters. The predicted molar refractivity (Wildman–Crippen MR) is 58.6 cm³/mol. The van der Waals surface area contributed by atoms with Crippen molar-refractivity contribution in [2.45, 2.75) is 25.5 Å². The van der Waals surface area contributed by atoms with Crippen molar-refractivity contribution < 1.29 is 9.90 Å². The zero-order valence-corrected chi connectivity index (χ0v) is 9.71. The fourth-order valence-corrected chi connectivity index (χ4v) is 1.86. The Kier molecular flexibility index (Phi) is 4.07. The average Bonchev–Trinajstić information content (AvgIpc) is 2.15. The summed E-state index contributed by atoms with van der Waals surface area (Å²) in [5.74, 6) is 0.00597. The molecule has 3 N–H and O–H groups in total. The van der Waals surface area contributed by atoms with Crippen LogP contribution in [0.25, 0.3) is 0 Å². The van der Waals surface area contributed by atoms with Gasteiger partial charge in [0, 0.05) is 33.2 Å². The normalized spacial score (nSPS) is 23.9. The van der Waals surface area contributed by atoms with Crippen LogP contribution in [0.2, 0.25) is 0 Å². The van der Waals surface area contributed by atoms with Gasteiger partial charge in [-0.2, -0.15) is 0 Å². The van der Waals surface area contributed by atoms with Crippen LogP contribution in [0.15, 0.2) is 0 Å². The number of β-amino-alcohol motifs (C(OH)–C–C–N with tert-alkyl or cyclic N) is 1. The molecule has 1 heterocycles. The highest BCUT2D eigenvalue weighted by atomic mass is 16.3. The van der Waals surface area contributed by atoms with Gasteiger partial charge < -0.3 is 15.7 Å². The molecular weight excluding hydrogens is 194 g/mol. The van der Waals surface area contributed by atoms with E-state index in [-0.39, 0.29) is 11.9 Å². The van der Waals surface area contributed by atoms with Crippen molar-refractivity contribution in [2.24, 2.45) is 0 Å². The lowest BCUT2D eigenvalue weighted by Gasteiger charge is -2.38. The van der Waals surface area contributed by atoms with E-state index in [9.17, 15) is 9.90 Å². The summed E-state index contributed by atoms with van der Waals surface area (Å²) in [6.45, 7) is 6.35. The first kappa shape index (κ1) is 12.4. The van der Waals surface area contributed by atoms with Crippen molar-refractivity contribution in [3.8, 4) is 0 Å². The molecule has 1 amide bonds. The Morgan fingerprint density at radius 1 is 1.67 bits per heavy atom. The Morgan fingerprint density at radius 2 is 2.33 bits per heavy atom. The van der Waals surface area contributed by atoms with Gasteiger partial charge >= 0.3 is 0 Å². The topological polar surface area (TPSA) is 64.6 Å². The zero-order chi connectivity index (χ0) is 11.5. The number of likely N-dealkylation sites (N-methyl/N-ethyl adjacent to an activating group) is 1. The molecule has 1 atom stereocenters. The maximum absolute atomic E-state index is 11.6. The highest BCUT2D eigenvalue weighted by Gasteiger charge is 2.31. The van der Waals surface area contributed by atoms with E-state index in [4.69, 9.17) is 0 Å². The summed E-state index contributed by atoms with van der Waals surface area (Å²) in [5, 5.41) is 15.6. The van der Waals surface area contributed by atoms with Gasteiger partial charge in [-0.1, -0.05) is 0 Å². The van der Waals surface area contributed by atoms with Gasteiger partial charge in [-0.3, -0.25) is 9.69 Å². The van der Waals surface area contributed by atoms with Crippen LogP contribution >= 0.6 is 0 Å². The van der Waals surface area contributed by atoms with E-state index in [0.717, 1.165) is 13.1 Å². The monoisotopic (exact) mass is 215 g/mol. The molecule has 5 heteroatoms. The standard InChI is InChI=1S/C10H21N3O2/c1-10(2,15)7-13-5-4-12-6-8(13)9(14)11-3/h8,12,15H,4-7H2,1-3H3,(H,11,14). The highest BCUT2D eigenvalue weighted by Crippen LogP contribution is 2.10. The Balaban J connectivity index is 2.61. The van der Waals surface area contributed by atoms with E-state index in [2.05, 4.69) is 10.6 Å². The molecule has 1 saturated heterocycles. The summed E-state index contributed by atoms with van der Waals surface area (Å²) in [7, 11) is 1.64. The molecule has 0 radical (unpaired) electrons. The van der Waals surface area contributed by atoms with Gasteiger partial charge in [0.25, 0.3) is 0 Å². The Labute approximate surface area is 90.8 Å². The summed E-state index contributed by atoms with van der Waals surface area (Å²) in [4.78, 5) is 13.6. The first-order chi connectivity index (χ1) is 6.94. The maximum Gasteiger partial charge on any atom is 0.238 e. The number of nitrogens with one attached hydrogen (secondary N) is 2. The Morgan fingerprint density at radius 3 is 2.87 bits per heavy atom.